The van der Waals surface area contributed by atoms with Crippen LogP contribution in [0.4, 0.5) is 5.88 Å². The molecule has 0 fully saturated rings. The highest BCUT2D eigenvalue weighted by molar-refractivity contribution is 5.93. The van der Waals surface area contributed by atoms with Gasteiger partial charge >= 0.3 is 0 Å². The number of amides is 1. The van der Waals surface area contributed by atoms with Crippen molar-refractivity contribution in [1.29, 1.82) is 0 Å². The summed E-state index contributed by atoms with van der Waals surface area (Å²) >= 11 is 0. The summed E-state index contributed by atoms with van der Waals surface area (Å²) < 4.78 is 7.07. The third-order valence-corrected chi connectivity index (χ3v) is 3.94. The maximum absolute atomic E-state index is 12.3. The molecule has 1 N–H and O–H groups in total. The number of aromatic nitrogens is 3. The molecule has 0 aromatic carbocycles. The van der Waals surface area contributed by atoms with Gasteiger partial charge in [-0.2, -0.15) is 0 Å². The normalized spacial score (nSPS) is 16.5. The smallest absolute Gasteiger partial charge is 0.243 e. The van der Waals surface area contributed by atoms with E-state index < -0.39 is 0 Å². The van der Waals surface area contributed by atoms with E-state index in [1.807, 2.05) is 27.2 Å². The molecule has 21 heavy (non-hydrogen) atoms. The Kier molecular flexibility index (Phi) is 3.50. The molecule has 0 spiro atoms. The number of fused-ring (bicyclic) bond motifs is 1. The van der Waals surface area contributed by atoms with Crippen LogP contribution in [-0.2, 0) is 24.8 Å². The van der Waals surface area contributed by atoms with Crippen LogP contribution >= 0.6 is 0 Å². The number of hydrogen-bond donors (Lipinski definition) is 1. The molecule has 0 bridgehead atoms. The van der Waals surface area contributed by atoms with Crippen LogP contribution in [0.25, 0.3) is 0 Å². The molecule has 1 aliphatic heterocycles. The molecule has 0 aliphatic carbocycles. The van der Waals surface area contributed by atoms with Gasteiger partial charge in [-0.3, -0.25) is 15.0 Å². The Morgan fingerprint density at radius 1 is 1.52 bits per heavy atom. The number of anilines is 1. The van der Waals surface area contributed by atoms with E-state index in [4.69, 9.17) is 4.52 Å². The summed E-state index contributed by atoms with van der Waals surface area (Å²) in [6, 6.07) is 1.46. The fraction of sp³-hybridized carbons (Fsp3) is 0.500. The number of aryl methyl sites for hydroxylation is 2. The van der Waals surface area contributed by atoms with Crippen molar-refractivity contribution in [3.63, 3.8) is 0 Å². The molecule has 1 atom stereocenters. The zero-order chi connectivity index (χ0) is 15.0. The molecule has 7 nitrogen and oxygen atoms in total. The number of nitrogens with one attached hydrogen (secondary N) is 1. The fourth-order valence-corrected chi connectivity index (χ4v) is 2.62. The van der Waals surface area contributed by atoms with Crippen molar-refractivity contribution >= 4 is 11.8 Å². The maximum atomic E-state index is 12.3. The van der Waals surface area contributed by atoms with E-state index in [1.54, 1.807) is 6.07 Å². The van der Waals surface area contributed by atoms with Crippen LogP contribution in [0.3, 0.4) is 0 Å². The summed E-state index contributed by atoms with van der Waals surface area (Å²) in [4.78, 5) is 18.8. The second kappa shape index (κ2) is 5.33. The Balaban J connectivity index is 1.65. The van der Waals surface area contributed by atoms with Gasteiger partial charge in [-0.1, -0.05) is 5.16 Å². The van der Waals surface area contributed by atoms with Crippen molar-refractivity contribution in [2.75, 3.05) is 11.9 Å². The van der Waals surface area contributed by atoms with Crippen LogP contribution in [0.5, 0.6) is 0 Å². The Hall–Kier alpha value is -2.15. The third kappa shape index (κ3) is 2.69. The lowest BCUT2D eigenvalue weighted by atomic mass is 10.1. The Morgan fingerprint density at radius 3 is 3.05 bits per heavy atom. The molecule has 0 radical (unpaired) electrons. The molecule has 3 rings (SSSR count). The zero-order valence-electron chi connectivity index (χ0n) is 12.5. The highest BCUT2D eigenvalue weighted by atomic mass is 16.5. The molecule has 0 saturated heterocycles. The zero-order valence-corrected chi connectivity index (χ0v) is 12.5. The molecule has 112 valence electrons. The number of carbonyl (C=O) groups is 1. The highest BCUT2D eigenvalue weighted by Gasteiger charge is 2.27. The first kappa shape index (κ1) is 13.8. The molecule has 3 heterocycles. The van der Waals surface area contributed by atoms with Crippen LogP contribution in [-0.4, -0.2) is 38.1 Å². The van der Waals surface area contributed by atoms with E-state index in [1.165, 1.54) is 5.69 Å². The third-order valence-electron chi connectivity index (χ3n) is 3.94. The van der Waals surface area contributed by atoms with Crippen LogP contribution in [0.1, 0.15) is 24.0 Å². The number of nitrogens with zero attached hydrogens (tertiary/aromatic N) is 4. The molecule has 0 saturated carbocycles. The van der Waals surface area contributed by atoms with Gasteiger partial charge in [0.2, 0.25) is 11.8 Å². The summed E-state index contributed by atoms with van der Waals surface area (Å²) in [5, 5.41) is 6.51. The number of hydrogen-bond acceptors (Lipinski definition) is 5. The molecular formula is C14H19N5O2. The van der Waals surface area contributed by atoms with E-state index in [-0.39, 0.29) is 11.9 Å². The predicted molar refractivity (Wildman–Crippen MR) is 76.7 cm³/mol. The van der Waals surface area contributed by atoms with Crippen LogP contribution in [0, 0.1) is 6.92 Å². The molecule has 7 heteroatoms. The van der Waals surface area contributed by atoms with Crippen LogP contribution in [0.2, 0.25) is 0 Å². The van der Waals surface area contributed by atoms with Crippen molar-refractivity contribution in [3.8, 4) is 0 Å². The molecule has 1 amide bonds. The summed E-state index contributed by atoms with van der Waals surface area (Å²) in [6.45, 7) is 5.25. The summed E-state index contributed by atoms with van der Waals surface area (Å²) in [5.41, 5.74) is 3.05. The Labute approximate surface area is 122 Å². The first-order chi connectivity index (χ1) is 10.0. The molecule has 2 aromatic heterocycles. The molecule has 0 unspecified atom stereocenters. The van der Waals surface area contributed by atoms with Gasteiger partial charge in [0, 0.05) is 38.3 Å². The number of imidazole rings is 1. The van der Waals surface area contributed by atoms with Crippen molar-refractivity contribution in [1.82, 2.24) is 19.6 Å². The summed E-state index contributed by atoms with van der Waals surface area (Å²) in [5.74, 6) is 0.297. The van der Waals surface area contributed by atoms with E-state index in [9.17, 15) is 4.79 Å². The van der Waals surface area contributed by atoms with Crippen molar-refractivity contribution in [2.45, 2.75) is 32.9 Å². The monoisotopic (exact) mass is 289 g/mol. The number of carbonyl (C=O) groups excluding carboxylic acids is 1. The quantitative estimate of drug-likeness (QED) is 0.915. The van der Waals surface area contributed by atoms with Gasteiger partial charge in [0.1, 0.15) is 0 Å². The van der Waals surface area contributed by atoms with Gasteiger partial charge in [-0.05, 0) is 13.8 Å². The second-order valence-corrected chi connectivity index (χ2v) is 5.47. The van der Waals surface area contributed by atoms with Crippen LogP contribution < -0.4 is 5.32 Å². The first-order valence-corrected chi connectivity index (χ1v) is 7.02. The van der Waals surface area contributed by atoms with Crippen molar-refractivity contribution in [3.05, 3.63) is 29.5 Å². The van der Waals surface area contributed by atoms with Crippen molar-refractivity contribution in [2.24, 2.45) is 7.05 Å². The lowest BCUT2D eigenvalue weighted by molar-refractivity contribution is -0.121. The molecule has 1 aliphatic rings. The van der Waals surface area contributed by atoms with Crippen LogP contribution in [0.15, 0.2) is 16.9 Å². The average Bonchev–Trinajstić information content (AvgIpc) is 3.04. The minimum absolute atomic E-state index is 0.0921. The van der Waals surface area contributed by atoms with E-state index >= 15 is 0 Å². The van der Waals surface area contributed by atoms with E-state index in [0.29, 0.717) is 12.4 Å². The fourth-order valence-electron chi connectivity index (χ4n) is 2.62. The number of rotatable bonds is 3. The van der Waals surface area contributed by atoms with Crippen molar-refractivity contribution < 1.29 is 9.32 Å². The first-order valence-electron chi connectivity index (χ1n) is 7.02. The standard InChI is InChI=1S/C14H19N5O2/c1-9-6-13(21-17-9)16-14(20)10(2)19-5-4-12-11(7-19)15-8-18(12)3/h6,8,10H,4-5,7H2,1-3H3,(H,16,20)/t10-/m1/s1. The lowest BCUT2D eigenvalue weighted by Gasteiger charge is -2.30. The summed E-state index contributed by atoms with van der Waals surface area (Å²) in [6.07, 6.45) is 2.74. The Bertz CT molecular complexity index is 660. The largest absolute Gasteiger partial charge is 0.338 e. The van der Waals surface area contributed by atoms with Gasteiger partial charge in [-0.15, -0.1) is 0 Å². The average molecular weight is 289 g/mol. The van der Waals surface area contributed by atoms with E-state index in [2.05, 4.69) is 24.9 Å². The van der Waals surface area contributed by atoms with Gasteiger partial charge in [0.15, 0.2) is 0 Å². The Morgan fingerprint density at radius 2 is 2.33 bits per heavy atom. The minimum atomic E-state index is -0.245. The SMILES string of the molecule is Cc1cc(NC(=O)[C@@H](C)N2CCc3c(ncn3C)C2)on1. The van der Waals surface area contributed by atoms with E-state index in [0.717, 1.165) is 24.4 Å². The lowest BCUT2D eigenvalue weighted by Crippen LogP contribution is -2.44. The minimum Gasteiger partial charge on any atom is -0.338 e. The van der Waals surface area contributed by atoms with Gasteiger partial charge in [0.25, 0.3) is 0 Å². The van der Waals surface area contributed by atoms with Gasteiger partial charge < -0.3 is 9.09 Å². The maximum Gasteiger partial charge on any atom is 0.243 e. The topological polar surface area (TPSA) is 76.2 Å². The predicted octanol–water partition coefficient (Wildman–Crippen LogP) is 1.10. The summed E-state index contributed by atoms with van der Waals surface area (Å²) in [7, 11) is 2.00. The van der Waals surface area contributed by atoms with Gasteiger partial charge in [-0.25, -0.2) is 4.98 Å². The molecule has 2 aromatic rings. The second-order valence-electron chi connectivity index (χ2n) is 5.47. The highest BCUT2D eigenvalue weighted by Crippen LogP contribution is 2.19. The van der Waals surface area contributed by atoms with Gasteiger partial charge in [0.05, 0.1) is 23.8 Å². The molecular weight excluding hydrogens is 270 g/mol.